The molecule has 3 aromatic rings. The first-order valence-electron chi connectivity index (χ1n) is 12.8. The zero-order valence-corrected chi connectivity index (χ0v) is 23.2. The van der Waals surface area contributed by atoms with E-state index in [2.05, 4.69) is 15.3 Å². The van der Waals surface area contributed by atoms with Crippen molar-refractivity contribution in [1.29, 1.82) is 0 Å². The molecule has 11 nitrogen and oxygen atoms in total. The minimum atomic E-state index is -5.08. The van der Waals surface area contributed by atoms with Crippen molar-refractivity contribution < 1.29 is 49.5 Å². The minimum Gasteiger partial charge on any atom is -0.475 e. The van der Waals surface area contributed by atoms with Crippen LogP contribution < -0.4 is 11.1 Å². The van der Waals surface area contributed by atoms with E-state index in [1.807, 2.05) is 0 Å². The summed E-state index contributed by atoms with van der Waals surface area (Å²) in [5.41, 5.74) is 5.88. The zero-order valence-electron chi connectivity index (χ0n) is 22.4. The van der Waals surface area contributed by atoms with E-state index in [-0.39, 0.29) is 46.5 Å². The summed E-state index contributed by atoms with van der Waals surface area (Å²) >= 11 is 0. The summed E-state index contributed by atoms with van der Waals surface area (Å²) in [6.45, 7) is 2.20. The number of anilines is 1. The number of hydrogen-bond donors (Lipinski definition) is 3. The first kappa shape index (κ1) is 32.0. The van der Waals surface area contributed by atoms with E-state index in [0.717, 1.165) is 19.0 Å². The van der Waals surface area contributed by atoms with Crippen molar-refractivity contribution in [2.24, 2.45) is 5.92 Å². The lowest BCUT2D eigenvalue weighted by molar-refractivity contribution is -0.192. The lowest BCUT2D eigenvalue weighted by Crippen LogP contribution is -2.49. The summed E-state index contributed by atoms with van der Waals surface area (Å²) in [7, 11) is -3.92. The number of aromatic nitrogens is 3. The largest absolute Gasteiger partial charge is 0.490 e. The van der Waals surface area contributed by atoms with Crippen LogP contribution in [0.1, 0.15) is 36.9 Å². The summed E-state index contributed by atoms with van der Waals surface area (Å²) in [4.78, 5) is 28.6. The van der Waals surface area contributed by atoms with Gasteiger partial charge in [-0.25, -0.2) is 23.2 Å². The molecule has 1 atom stereocenters. The molecule has 1 unspecified atom stereocenters. The Morgan fingerprint density at radius 3 is 2.35 bits per heavy atom. The number of nitrogens with two attached hydrogens (primary N) is 1. The highest BCUT2D eigenvalue weighted by Crippen LogP contribution is 2.34. The van der Waals surface area contributed by atoms with Crippen molar-refractivity contribution in [3.8, 4) is 11.3 Å². The molecular formula is C25H26F6N6O5S. The average Bonchev–Trinajstić information content (AvgIpc) is 3.68. The van der Waals surface area contributed by atoms with Gasteiger partial charge in [0.1, 0.15) is 0 Å². The topological polar surface area (TPSA) is 160 Å². The fourth-order valence-corrected chi connectivity index (χ4v) is 6.03. The van der Waals surface area contributed by atoms with Gasteiger partial charge in [0.25, 0.3) is 0 Å². The van der Waals surface area contributed by atoms with Crippen LogP contribution in [-0.2, 0) is 25.8 Å². The number of benzene rings is 1. The maximum atomic E-state index is 13.5. The zero-order chi connectivity index (χ0) is 31.9. The quantitative estimate of drug-likeness (QED) is 0.358. The second kappa shape index (κ2) is 11.6. The van der Waals surface area contributed by atoms with Gasteiger partial charge >= 0.3 is 18.3 Å². The number of sulfonamides is 1. The maximum Gasteiger partial charge on any atom is 0.490 e. The molecule has 1 amide bonds. The van der Waals surface area contributed by atoms with Crippen LogP contribution in [0.5, 0.6) is 0 Å². The molecule has 4 N–H and O–H groups in total. The molecular weight excluding hydrogens is 610 g/mol. The summed E-state index contributed by atoms with van der Waals surface area (Å²) < 4.78 is 101. The van der Waals surface area contributed by atoms with Crippen LogP contribution in [0.25, 0.3) is 16.9 Å². The van der Waals surface area contributed by atoms with E-state index in [9.17, 15) is 39.6 Å². The number of piperidine rings is 1. The minimum absolute atomic E-state index is 0.00490. The summed E-state index contributed by atoms with van der Waals surface area (Å²) in [6.07, 6.45) is -4.63. The molecule has 3 heterocycles. The van der Waals surface area contributed by atoms with Crippen LogP contribution in [0.2, 0.25) is 0 Å². The molecule has 1 saturated carbocycles. The monoisotopic (exact) mass is 636 g/mol. The number of nitrogens with one attached hydrogen (secondary N) is 1. The van der Waals surface area contributed by atoms with Gasteiger partial charge in [-0.2, -0.15) is 30.6 Å². The molecule has 5 rings (SSSR count). The Balaban J connectivity index is 0.000000541. The number of alkyl halides is 6. The molecule has 2 aliphatic rings. The smallest absolute Gasteiger partial charge is 0.475 e. The Bertz CT molecular complexity index is 1650. The number of carboxylic acids is 1. The van der Waals surface area contributed by atoms with Gasteiger partial charge in [0.05, 0.1) is 16.8 Å². The number of fused-ring (bicyclic) bond motifs is 1. The SMILES string of the molecule is Cc1ccc(S(=O)(=O)N2CCCC(NC(=O)C3CC3)C2)cc1-c1cnc2c(N)nc(C(F)(F)F)cn12.O=C(O)C(F)(F)F. The van der Waals surface area contributed by atoms with E-state index in [0.29, 0.717) is 30.5 Å². The molecule has 2 fully saturated rings. The molecule has 0 bridgehead atoms. The van der Waals surface area contributed by atoms with E-state index in [1.54, 1.807) is 13.0 Å². The van der Waals surface area contributed by atoms with Crippen molar-refractivity contribution in [2.75, 3.05) is 18.8 Å². The summed E-state index contributed by atoms with van der Waals surface area (Å²) in [5, 5.41) is 10.1. The van der Waals surface area contributed by atoms with Crippen LogP contribution in [0.4, 0.5) is 32.2 Å². The lowest BCUT2D eigenvalue weighted by Gasteiger charge is -2.32. The number of nitrogen functional groups attached to an aromatic ring is 1. The van der Waals surface area contributed by atoms with Gasteiger partial charge in [-0.05, 0) is 50.3 Å². The Hall–Kier alpha value is -3.93. The Labute approximate surface area is 240 Å². The molecule has 43 heavy (non-hydrogen) atoms. The predicted octanol–water partition coefficient (Wildman–Crippen LogP) is 3.62. The number of carboxylic acid groups (broad SMARTS) is 1. The molecule has 0 radical (unpaired) electrons. The molecule has 0 spiro atoms. The normalized spacial score (nSPS) is 18.2. The lowest BCUT2D eigenvalue weighted by atomic mass is 10.1. The highest BCUT2D eigenvalue weighted by molar-refractivity contribution is 7.89. The molecule has 1 aliphatic carbocycles. The van der Waals surface area contributed by atoms with Crippen LogP contribution in [0.3, 0.4) is 0 Å². The van der Waals surface area contributed by atoms with Crippen LogP contribution in [-0.4, -0.2) is 69.4 Å². The number of nitrogens with zero attached hydrogens (tertiary/aromatic N) is 4. The Morgan fingerprint density at radius 2 is 1.77 bits per heavy atom. The van der Waals surface area contributed by atoms with Crippen LogP contribution in [0, 0.1) is 12.8 Å². The summed E-state index contributed by atoms with van der Waals surface area (Å²) in [5.74, 6) is -3.14. The molecule has 1 aromatic carbocycles. The van der Waals surface area contributed by atoms with Gasteiger partial charge < -0.3 is 16.2 Å². The van der Waals surface area contributed by atoms with Crippen molar-refractivity contribution in [2.45, 2.75) is 55.9 Å². The third-order valence-electron chi connectivity index (χ3n) is 6.85. The predicted molar refractivity (Wildman–Crippen MR) is 139 cm³/mol. The van der Waals surface area contributed by atoms with Gasteiger partial charge in [0, 0.05) is 36.8 Å². The first-order valence-corrected chi connectivity index (χ1v) is 14.3. The second-order valence-electron chi connectivity index (χ2n) is 10.1. The number of rotatable bonds is 5. The third kappa shape index (κ3) is 7.18. The number of carbonyl (C=O) groups excluding carboxylic acids is 1. The molecule has 1 aliphatic heterocycles. The number of imidazole rings is 1. The molecule has 234 valence electrons. The van der Waals surface area contributed by atoms with Crippen molar-refractivity contribution in [3.05, 3.63) is 41.9 Å². The van der Waals surface area contributed by atoms with Crippen LogP contribution >= 0.6 is 0 Å². The fraction of sp³-hybridized carbons (Fsp3) is 0.440. The number of hydrogen-bond acceptors (Lipinski definition) is 7. The van der Waals surface area contributed by atoms with E-state index in [1.165, 1.54) is 27.0 Å². The second-order valence-corrected chi connectivity index (χ2v) is 12.0. The van der Waals surface area contributed by atoms with Gasteiger partial charge in [0.2, 0.25) is 15.9 Å². The Morgan fingerprint density at radius 1 is 1.12 bits per heavy atom. The number of aliphatic carboxylic acids is 1. The molecule has 1 saturated heterocycles. The number of halogens is 6. The average molecular weight is 637 g/mol. The fourth-order valence-electron chi connectivity index (χ4n) is 4.48. The van der Waals surface area contributed by atoms with E-state index < -0.39 is 34.0 Å². The standard InChI is InChI=1S/C23H25F3N6O3S.C2HF3O2/c1-13-4-7-16(36(34,35)31-8-2-3-15(11-31)29-22(33)14-5-6-14)9-17(13)18-10-28-21-20(27)30-19(12-32(18)21)23(24,25)26;3-2(4,5)1(6)7/h4,7,9-10,12,14-15H,2-3,5-6,8,11H2,1H3,(H2,27,30)(H,29,33);(H,6,7). The maximum absolute atomic E-state index is 13.5. The van der Waals surface area contributed by atoms with Crippen molar-refractivity contribution in [3.63, 3.8) is 0 Å². The van der Waals surface area contributed by atoms with E-state index in [4.69, 9.17) is 15.6 Å². The first-order chi connectivity index (χ1) is 19.9. The van der Waals surface area contributed by atoms with Crippen molar-refractivity contribution >= 4 is 33.4 Å². The van der Waals surface area contributed by atoms with Crippen LogP contribution in [0.15, 0.2) is 35.5 Å². The number of aryl methyl sites for hydroxylation is 1. The van der Waals surface area contributed by atoms with E-state index >= 15 is 0 Å². The highest BCUT2D eigenvalue weighted by Gasteiger charge is 2.38. The number of amides is 1. The molecule has 2 aromatic heterocycles. The number of carbonyl (C=O) groups is 2. The van der Waals surface area contributed by atoms with Gasteiger partial charge in [0.15, 0.2) is 17.2 Å². The molecule has 18 heteroatoms. The van der Waals surface area contributed by atoms with Gasteiger partial charge in [-0.15, -0.1) is 0 Å². The third-order valence-corrected chi connectivity index (χ3v) is 8.71. The Kier molecular flexibility index (Phi) is 8.65. The van der Waals surface area contributed by atoms with Gasteiger partial charge in [-0.1, -0.05) is 6.07 Å². The summed E-state index contributed by atoms with van der Waals surface area (Å²) in [6, 6.07) is 4.25. The van der Waals surface area contributed by atoms with Gasteiger partial charge in [-0.3, -0.25) is 9.20 Å². The van der Waals surface area contributed by atoms with Crippen molar-refractivity contribution in [1.82, 2.24) is 24.0 Å². The highest BCUT2D eigenvalue weighted by atomic mass is 32.2.